The molecule has 0 saturated heterocycles. The summed E-state index contributed by atoms with van der Waals surface area (Å²) < 4.78 is 1.81. The summed E-state index contributed by atoms with van der Waals surface area (Å²) >= 11 is 1.56. The van der Waals surface area contributed by atoms with E-state index in [0.29, 0.717) is 12.8 Å². The second-order valence-corrected chi connectivity index (χ2v) is 5.77. The van der Waals surface area contributed by atoms with Gasteiger partial charge in [0.05, 0.1) is 12.8 Å². The molecule has 1 aromatic heterocycles. The van der Waals surface area contributed by atoms with Crippen LogP contribution in [-0.4, -0.2) is 44.9 Å². The second-order valence-electron chi connectivity index (χ2n) is 4.69. The molecular weight excluding hydrogens is 262 g/mol. The molecule has 0 fully saturated rings. The van der Waals surface area contributed by atoms with Gasteiger partial charge in [-0.2, -0.15) is 16.9 Å². The summed E-state index contributed by atoms with van der Waals surface area (Å²) in [6.07, 6.45) is 4.89. The predicted molar refractivity (Wildman–Crippen MR) is 78.3 cm³/mol. The Labute approximate surface area is 118 Å². The quantitative estimate of drug-likeness (QED) is 0.781. The molecule has 1 aromatic rings. The number of hydrogen-bond donors (Lipinski definition) is 2. The lowest BCUT2D eigenvalue weighted by molar-refractivity contribution is -0.121. The normalized spacial score (nSPS) is 14.2. The zero-order valence-electron chi connectivity index (χ0n) is 12.0. The number of amides is 1. The van der Waals surface area contributed by atoms with Crippen molar-refractivity contribution in [2.75, 3.05) is 12.9 Å². The monoisotopic (exact) mass is 285 g/mol. The molecule has 19 heavy (non-hydrogen) atoms. The van der Waals surface area contributed by atoms with Gasteiger partial charge in [0, 0.05) is 30.5 Å². The van der Waals surface area contributed by atoms with Gasteiger partial charge >= 0.3 is 0 Å². The van der Waals surface area contributed by atoms with Gasteiger partial charge in [-0.05, 0) is 32.1 Å². The highest BCUT2D eigenvalue weighted by molar-refractivity contribution is 7.99. The molecule has 0 aromatic carbocycles. The van der Waals surface area contributed by atoms with Crippen LogP contribution in [0.1, 0.15) is 24.6 Å². The lowest BCUT2D eigenvalue weighted by Gasteiger charge is -2.21. The summed E-state index contributed by atoms with van der Waals surface area (Å²) in [5, 5.41) is 16.3. The third-order valence-corrected chi connectivity index (χ3v) is 4.55. The SMILES string of the molecule is CSC(CO)C(C)NC(=O)CCc1cnn(C)c1C. The summed E-state index contributed by atoms with van der Waals surface area (Å²) in [5.41, 5.74) is 2.20. The van der Waals surface area contributed by atoms with E-state index in [0.717, 1.165) is 11.3 Å². The number of thioether (sulfide) groups is 1. The molecule has 0 saturated carbocycles. The first-order valence-corrected chi connectivity index (χ1v) is 7.68. The Morgan fingerprint density at radius 1 is 1.63 bits per heavy atom. The summed E-state index contributed by atoms with van der Waals surface area (Å²) in [5.74, 6) is 0.0169. The Kier molecular flexibility index (Phi) is 6.37. The van der Waals surface area contributed by atoms with E-state index in [4.69, 9.17) is 0 Å². The number of hydrogen-bond acceptors (Lipinski definition) is 4. The van der Waals surface area contributed by atoms with Gasteiger partial charge in [-0.1, -0.05) is 0 Å². The molecule has 0 aliphatic rings. The number of aryl methyl sites for hydroxylation is 2. The van der Waals surface area contributed by atoms with Crippen molar-refractivity contribution in [3.63, 3.8) is 0 Å². The fraction of sp³-hybridized carbons (Fsp3) is 0.692. The number of aliphatic hydroxyl groups is 1. The maximum atomic E-state index is 11.9. The molecular formula is C13H23N3O2S. The molecule has 0 aliphatic carbocycles. The van der Waals surface area contributed by atoms with Crippen molar-refractivity contribution in [2.45, 2.75) is 38.0 Å². The first-order valence-electron chi connectivity index (χ1n) is 6.40. The Morgan fingerprint density at radius 2 is 2.32 bits per heavy atom. The Balaban J connectivity index is 2.42. The van der Waals surface area contributed by atoms with Crippen LogP contribution in [0, 0.1) is 6.92 Å². The van der Waals surface area contributed by atoms with Crippen molar-refractivity contribution >= 4 is 17.7 Å². The van der Waals surface area contributed by atoms with Gasteiger partial charge in [-0.15, -0.1) is 0 Å². The third-order valence-electron chi connectivity index (χ3n) is 3.39. The molecule has 2 N–H and O–H groups in total. The fourth-order valence-corrected chi connectivity index (χ4v) is 2.52. The minimum atomic E-state index is -0.0255. The van der Waals surface area contributed by atoms with Crippen LogP contribution in [0.4, 0.5) is 0 Å². The number of carbonyl (C=O) groups excluding carboxylic acids is 1. The van der Waals surface area contributed by atoms with Crippen LogP contribution < -0.4 is 5.32 Å². The molecule has 1 rings (SSSR count). The van der Waals surface area contributed by atoms with Gasteiger partial charge < -0.3 is 10.4 Å². The van der Waals surface area contributed by atoms with Crippen molar-refractivity contribution in [1.29, 1.82) is 0 Å². The first kappa shape index (κ1) is 16.0. The lowest BCUT2D eigenvalue weighted by atomic mass is 10.1. The largest absolute Gasteiger partial charge is 0.395 e. The van der Waals surface area contributed by atoms with E-state index >= 15 is 0 Å². The van der Waals surface area contributed by atoms with Crippen LogP contribution in [0.15, 0.2) is 6.20 Å². The van der Waals surface area contributed by atoms with E-state index in [1.165, 1.54) is 0 Å². The average Bonchev–Trinajstić information content (AvgIpc) is 2.69. The van der Waals surface area contributed by atoms with Crippen molar-refractivity contribution in [3.05, 3.63) is 17.5 Å². The smallest absolute Gasteiger partial charge is 0.220 e. The highest BCUT2D eigenvalue weighted by Crippen LogP contribution is 2.11. The number of rotatable bonds is 7. The molecule has 108 valence electrons. The Hall–Kier alpha value is -1.01. The summed E-state index contributed by atoms with van der Waals surface area (Å²) in [6.45, 7) is 3.99. The molecule has 2 atom stereocenters. The van der Waals surface area contributed by atoms with Gasteiger partial charge in [-0.25, -0.2) is 0 Å². The molecule has 1 heterocycles. The number of nitrogens with zero attached hydrogens (tertiary/aromatic N) is 2. The molecule has 0 spiro atoms. The predicted octanol–water partition coefficient (Wildman–Crippen LogP) is 0.890. The highest BCUT2D eigenvalue weighted by Gasteiger charge is 2.17. The Bertz CT molecular complexity index is 416. The zero-order valence-corrected chi connectivity index (χ0v) is 12.8. The van der Waals surface area contributed by atoms with Crippen LogP contribution in [0.2, 0.25) is 0 Å². The molecule has 0 aliphatic heterocycles. The number of nitrogens with one attached hydrogen (secondary N) is 1. The van der Waals surface area contributed by atoms with E-state index < -0.39 is 0 Å². The topological polar surface area (TPSA) is 67.2 Å². The average molecular weight is 285 g/mol. The summed E-state index contributed by atoms with van der Waals surface area (Å²) in [4.78, 5) is 11.9. The van der Waals surface area contributed by atoms with Crippen molar-refractivity contribution in [2.24, 2.45) is 7.05 Å². The second kappa shape index (κ2) is 7.55. The third kappa shape index (κ3) is 4.54. The van der Waals surface area contributed by atoms with Crippen LogP contribution in [0.5, 0.6) is 0 Å². The maximum absolute atomic E-state index is 11.9. The summed E-state index contributed by atoms with van der Waals surface area (Å²) in [6, 6.07) is -0.0255. The highest BCUT2D eigenvalue weighted by atomic mass is 32.2. The van der Waals surface area contributed by atoms with E-state index in [1.807, 2.05) is 38.0 Å². The summed E-state index contributed by atoms with van der Waals surface area (Å²) in [7, 11) is 1.89. The molecule has 0 bridgehead atoms. The van der Waals surface area contributed by atoms with Crippen molar-refractivity contribution < 1.29 is 9.90 Å². The van der Waals surface area contributed by atoms with Gasteiger partial charge in [0.15, 0.2) is 0 Å². The molecule has 0 radical (unpaired) electrons. The van der Waals surface area contributed by atoms with Crippen LogP contribution in [0.25, 0.3) is 0 Å². The first-order chi connectivity index (χ1) is 8.99. The van der Waals surface area contributed by atoms with Gasteiger partial charge in [-0.3, -0.25) is 9.48 Å². The Morgan fingerprint density at radius 3 is 2.79 bits per heavy atom. The van der Waals surface area contributed by atoms with Gasteiger partial charge in [0.25, 0.3) is 0 Å². The molecule has 5 nitrogen and oxygen atoms in total. The van der Waals surface area contributed by atoms with E-state index in [9.17, 15) is 9.90 Å². The van der Waals surface area contributed by atoms with Crippen molar-refractivity contribution in [1.82, 2.24) is 15.1 Å². The molecule has 6 heteroatoms. The van der Waals surface area contributed by atoms with E-state index in [1.54, 1.807) is 11.8 Å². The maximum Gasteiger partial charge on any atom is 0.220 e. The number of aliphatic hydroxyl groups excluding tert-OH is 1. The van der Waals surface area contributed by atoms with Crippen LogP contribution in [0.3, 0.4) is 0 Å². The lowest BCUT2D eigenvalue weighted by Crippen LogP contribution is -2.41. The number of aromatic nitrogens is 2. The molecule has 1 amide bonds. The fourth-order valence-electron chi connectivity index (χ4n) is 1.89. The zero-order chi connectivity index (χ0) is 14.4. The minimum absolute atomic E-state index is 0.0169. The van der Waals surface area contributed by atoms with Crippen LogP contribution in [-0.2, 0) is 18.3 Å². The van der Waals surface area contributed by atoms with E-state index in [2.05, 4.69) is 10.4 Å². The van der Waals surface area contributed by atoms with Crippen molar-refractivity contribution in [3.8, 4) is 0 Å². The minimum Gasteiger partial charge on any atom is -0.395 e. The van der Waals surface area contributed by atoms with Gasteiger partial charge in [0.2, 0.25) is 5.91 Å². The van der Waals surface area contributed by atoms with E-state index in [-0.39, 0.29) is 23.8 Å². The van der Waals surface area contributed by atoms with Gasteiger partial charge in [0.1, 0.15) is 0 Å². The van der Waals surface area contributed by atoms with Crippen LogP contribution >= 0.6 is 11.8 Å². The number of carbonyl (C=O) groups is 1. The standard InChI is InChI=1S/C13H23N3O2S/c1-9(12(8-17)19-4)15-13(18)6-5-11-7-14-16(3)10(11)2/h7,9,12,17H,5-6,8H2,1-4H3,(H,15,18). The molecule has 2 unspecified atom stereocenters.